The van der Waals surface area contributed by atoms with Crippen LogP contribution in [0.3, 0.4) is 0 Å². The lowest BCUT2D eigenvalue weighted by molar-refractivity contribution is 0.287. The molecule has 0 bridgehead atoms. The molecule has 0 radical (unpaired) electrons. The number of rotatable bonds is 11. The number of aliphatic imine (C=N–C) groups is 1. The summed E-state index contributed by atoms with van der Waals surface area (Å²) in [5, 5.41) is 6.87. The summed E-state index contributed by atoms with van der Waals surface area (Å²) >= 11 is 0. The van der Waals surface area contributed by atoms with Crippen molar-refractivity contribution in [1.82, 2.24) is 15.5 Å². The molecule has 0 aromatic heterocycles. The summed E-state index contributed by atoms with van der Waals surface area (Å²) in [6.07, 6.45) is 3.59. The molecule has 1 aliphatic rings. The SMILES string of the molecule is CCOc1ccc(CCNC(=NC)NCC(C)CN2CCCC2)cc1OCC.I. The first-order valence-corrected chi connectivity index (χ1v) is 10.7. The topological polar surface area (TPSA) is 58.1 Å². The summed E-state index contributed by atoms with van der Waals surface area (Å²) < 4.78 is 11.3. The predicted molar refractivity (Wildman–Crippen MR) is 132 cm³/mol. The van der Waals surface area contributed by atoms with E-state index in [-0.39, 0.29) is 24.0 Å². The molecule has 0 saturated carbocycles. The number of ether oxygens (including phenoxy) is 2. The Morgan fingerprint density at radius 3 is 2.45 bits per heavy atom. The number of nitrogens with zero attached hydrogens (tertiary/aromatic N) is 2. The molecule has 6 nitrogen and oxygen atoms in total. The van der Waals surface area contributed by atoms with E-state index >= 15 is 0 Å². The minimum Gasteiger partial charge on any atom is -0.490 e. The van der Waals surface area contributed by atoms with Gasteiger partial charge in [-0.25, -0.2) is 0 Å². The molecule has 1 aromatic rings. The molecular weight excluding hydrogens is 479 g/mol. The fraction of sp³-hybridized carbons (Fsp3) is 0.682. The summed E-state index contributed by atoms with van der Waals surface area (Å²) in [7, 11) is 1.82. The van der Waals surface area contributed by atoms with E-state index in [0.29, 0.717) is 19.1 Å². The minimum absolute atomic E-state index is 0. The lowest BCUT2D eigenvalue weighted by atomic mass is 10.1. The van der Waals surface area contributed by atoms with Crippen LogP contribution < -0.4 is 20.1 Å². The van der Waals surface area contributed by atoms with E-state index in [2.05, 4.69) is 39.6 Å². The van der Waals surface area contributed by atoms with E-state index in [4.69, 9.17) is 9.47 Å². The quantitative estimate of drug-likeness (QED) is 0.267. The van der Waals surface area contributed by atoms with Gasteiger partial charge in [0.05, 0.1) is 13.2 Å². The average Bonchev–Trinajstić information content (AvgIpc) is 3.19. The van der Waals surface area contributed by atoms with E-state index < -0.39 is 0 Å². The number of benzene rings is 1. The third-order valence-electron chi connectivity index (χ3n) is 4.92. The van der Waals surface area contributed by atoms with Crippen molar-refractivity contribution in [3.8, 4) is 11.5 Å². The van der Waals surface area contributed by atoms with Crippen LogP contribution in [0, 0.1) is 5.92 Å². The van der Waals surface area contributed by atoms with E-state index in [1.54, 1.807) is 0 Å². The number of hydrogen-bond acceptors (Lipinski definition) is 4. The lowest BCUT2D eigenvalue weighted by Gasteiger charge is -2.21. The molecule has 1 fully saturated rings. The van der Waals surface area contributed by atoms with Gasteiger partial charge in [0.2, 0.25) is 0 Å². The normalized spacial score (nSPS) is 15.5. The van der Waals surface area contributed by atoms with Crippen molar-refractivity contribution in [1.29, 1.82) is 0 Å². The van der Waals surface area contributed by atoms with E-state index in [9.17, 15) is 0 Å². The van der Waals surface area contributed by atoms with Gasteiger partial charge in [-0.3, -0.25) is 4.99 Å². The second-order valence-electron chi connectivity index (χ2n) is 7.39. The number of halogens is 1. The molecule has 29 heavy (non-hydrogen) atoms. The first-order valence-electron chi connectivity index (χ1n) is 10.7. The summed E-state index contributed by atoms with van der Waals surface area (Å²) in [5.74, 6) is 3.10. The van der Waals surface area contributed by atoms with Crippen LogP contribution in [0.25, 0.3) is 0 Å². The number of nitrogens with one attached hydrogen (secondary N) is 2. The number of hydrogen-bond donors (Lipinski definition) is 2. The Balaban J connectivity index is 0.00000420. The molecule has 1 heterocycles. The standard InChI is InChI=1S/C22H38N4O2.HI/c1-5-27-20-10-9-19(15-21(20)28-6-2)11-12-24-22(23-4)25-16-18(3)17-26-13-7-8-14-26;/h9-10,15,18H,5-8,11-14,16-17H2,1-4H3,(H2,23,24,25);1H. The average molecular weight is 518 g/mol. The van der Waals surface area contributed by atoms with E-state index in [0.717, 1.165) is 43.5 Å². The summed E-state index contributed by atoms with van der Waals surface area (Å²) in [5.41, 5.74) is 1.22. The second-order valence-corrected chi connectivity index (χ2v) is 7.39. The highest BCUT2D eigenvalue weighted by Crippen LogP contribution is 2.28. The maximum absolute atomic E-state index is 5.71. The maximum Gasteiger partial charge on any atom is 0.190 e. The van der Waals surface area contributed by atoms with Crippen LogP contribution in [0.15, 0.2) is 23.2 Å². The summed E-state index contributed by atoms with van der Waals surface area (Å²) in [4.78, 5) is 6.90. The minimum atomic E-state index is 0. The Hall–Kier alpha value is -1.22. The second kappa shape index (κ2) is 14.7. The zero-order valence-corrected chi connectivity index (χ0v) is 20.8. The molecule has 0 aliphatic carbocycles. The molecule has 2 N–H and O–H groups in total. The fourth-order valence-electron chi connectivity index (χ4n) is 3.54. The van der Waals surface area contributed by atoms with Gasteiger partial charge in [-0.05, 0) is 69.8 Å². The van der Waals surface area contributed by atoms with Crippen LogP contribution >= 0.6 is 24.0 Å². The van der Waals surface area contributed by atoms with Crippen molar-refractivity contribution in [2.24, 2.45) is 10.9 Å². The van der Waals surface area contributed by atoms with Gasteiger partial charge in [0, 0.05) is 26.7 Å². The number of likely N-dealkylation sites (tertiary alicyclic amines) is 1. The Morgan fingerprint density at radius 1 is 1.10 bits per heavy atom. The number of guanidine groups is 1. The first kappa shape index (κ1) is 25.8. The molecule has 1 aromatic carbocycles. The highest BCUT2D eigenvalue weighted by Gasteiger charge is 2.14. The maximum atomic E-state index is 5.71. The van der Waals surface area contributed by atoms with Crippen LogP contribution in [0.2, 0.25) is 0 Å². The summed E-state index contributed by atoms with van der Waals surface area (Å²) in [6.45, 7) is 13.0. The van der Waals surface area contributed by atoms with Gasteiger partial charge in [-0.2, -0.15) is 0 Å². The van der Waals surface area contributed by atoms with Gasteiger partial charge in [0.25, 0.3) is 0 Å². The summed E-state index contributed by atoms with van der Waals surface area (Å²) in [6, 6.07) is 6.17. The van der Waals surface area contributed by atoms with Crippen molar-refractivity contribution in [2.45, 2.75) is 40.0 Å². The van der Waals surface area contributed by atoms with Crippen LogP contribution in [0.4, 0.5) is 0 Å². The zero-order valence-electron chi connectivity index (χ0n) is 18.5. The van der Waals surface area contributed by atoms with Gasteiger partial charge < -0.3 is 25.0 Å². The molecule has 166 valence electrons. The monoisotopic (exact) mass is 518 g/mol. The molecule has 0 amide bonds. The Morgan fingerprint density at radius 2 is 1.79 bits per heavy atom. The van der Waals surface area contributed by atoms with Gasteiger partial charge in [0.15, 0.2) is 17.5 Å². The molecule has 1 aliphatic heterocycles. The third-order valence-corrected chi connectivity index (χ3v) is 4.92. The van der Waals surface area contributed by atoms with Crippen LogP contribution in [0.5, 0.6) is 11.5 Å². The molecule has 2 rings (SSSR count). The molecule has 0 spiro atoms. The smallest absolute Gasteiger partial charge is 0.190 e. The highest BCUT2D eigenvalue weighted by atomic mass is 127. The lowest BCUT2D eigenvalue weighted by Crippen LogP contribution is -2.42. The van der Waals surface area contributed by atoms with Gasteiger partial charge in [-0.1, -0.05) is 13.0 Å². The highest BCUT2D eigenvalue weighted by molar-refractivity contribution is 14.0. The van der Waals surface area contributed by atoms with E-state index in [1.165, 1.54) is 31.5 Å². The van der Waals surface area contributed by atoms with Crippen LogP contribution in [-0.4, -0.2) is 63.8 Å². The Kier molecular flexibility index (Phi) is 13.1. The van der Waals surface area contributed by atoms with Gasteiger partial charge in [-0.15, -0.1) is 24.0 Å². The van der Waals surface area contributed by atoms with E-state index in [1.807, 2.05) is 27.0 Å². The van der Waals surface area contributed by atoms with Crippen molar-refractivity contribution in [3.05, 3.63) is 23.8 Å². The zero-order chi connectivity index (χ0) is 20.2. The third kappa shape index (κ3) is 9.42. The predicted octanol–water partition coefficient (Wildman–Crippen LogP) is 3.54. The van der Waals surface area contributed by atoms with Crippen LogP contribution in [0.1, 0.15) is 39.2 Å². The Labute approximate surface area is 193 Å². The molecule has 1 unspecified atom stereocenters. The Bertz CT molecular complexity index is 606. The van der Waals surface area contributed by atoms with Crippen molar-refractivity contribution in [2.75, 3.05) is 53.0 Å². The van der Waals surface area contributed by atoms with Crippen molar-refractivity contribution >= 4 is 29.9 Å². The first-order chi connectivity index (χ1) is 13.7. The molecule has 1 saturated heterocycles. The largest absolute Gasteiger partial charge is 0.490 e. The van der Waals surface area contributed by atoms with Crippen molar-refractivity contribution < 1.29 is 9.47 Å². The van der Waals surface area contributed by atoms with Gasteiger partial charge in [0.1, 0.15) is 0 Å². The van der Waals surface area contributed by atoms with Gasteiger partial charge >= 0.3 is 0 Å². The molecule has 1 atom stereocenters. The molecular formula is C22H39IN4O2. The van der Waals surface area contributed by atoms with Crippen molar-refractivity contribution in [3.63, 3.8) is 0 Å². The molecule has 7 heteroatoms. The fourth-order valence-corrected chi connectivity index (χ4v) is 3.54. The van der Waals surface area contributed by atoms with Crippen LogP contribution in [-0.2, 0) is 6.42 Å².